The fourth-order valence-electron chi connectivity index (χ4n) is 7.93. The molecule has 0 aliphatic carbocycles. The van der Waals surface area contributed by atoms with Crippen molar-refractivity contribution in [1.82, 2.24) is 0 Å². The van der Waals surface area contributed by atoms with E-state index in [1.54, 1.807) is 0 Å². The quantitative estimate of drug-likeness (QED) is 0.141. The summed E-state index contributed by atoms with van der Waals surface area (Å²) in [5.41, 5.74) is 8.82. The van der Waals surface area contributed by atoms with E-state index in [1.807, 2.05) is 0 Å². The molecule has 0 fully saturated rings. The van der Waals surface area contributed by atoms with Gasteiger partial charge < -0.3 is 4.90 Å². The fraction of sp³-hybridized carbons (Fsp3) is 0.106. The molecule has 0 spiro atoms. The van der Waals surface area contributed by atoms with Crippen molar-refractivity contribution >= 4 is 70.9 Å². The number of aryl methyl sites for hydroxylation is 1. The molecule has 0 heterocycles. The zero-order valence-corrected chi connectivity index (χ0v) is 27.9. The van der Waals surface area contributed by atoms with Crippen molar-refractivity contribution in [3.8, 4) is 11.1 Å². The van der Waals surface area contributed by atoms with Gasteiger partial charge in [-0.3, -0.25) is 0 Å². The van der Waals surface area contributed by atoms with E-state index in [9.17, 15) is 0 Å². The third kappa shape index (κ3) is 4.31. The minimum Gasteiger partial charge on any atom is -0.309 e. The Labute approximate surface area is 282 Å². The topological polar surface area (TPSA) is 3.24 Å². The van der Waals surface area contributed by atoms with Gasteiger partial charge in [-0.2, -0.15) is 0 Å². The predicted molar refractivity (Wildman–Crippen MR) is 209 cm³/mol. The second-order valence-electron chi connectivity index (χ2n) is 14.2. The van der Waals surface area contributed by atoms with Crippen molar-refractivity contribution in [1.29, 1.82) is 0 Å². The first-order valence-corrected chi connectivity index (χ1v) is 17.0. The SMILES string of the molecule is Cc1cc(-c2c3ccccc3c(N(c3ccccc3)c3ccccc3)c3ccccc23)c2ccc3cc(C(C)(C)C)cc4ccc1c2c43. The van der Waals surface area contributed by atoms with Gasteiger partial charge in [-0.25, -0.2) is 0 Å². The molecule has 0 aromatic heterocycles. The van der Waals surface area contributed by atoms with Crippen LogP contribution in [0.2, 0.25) is 0 Å². The molecule has 0 aliphatic rings. The predicted octanol–water partition coefficient (Wildman–Crippen LogP) is 13.6. The third-order valence-electron chi connectivity index (χ3n) is 10.2. The summed E-state index contributed by atoms with van der Waals surface area (Å²) in [5.74, 6) is 0. The summed E-state index contributed by atoms with van der Waals surface area (Å²) in [7, 11) is 0. The summed E-state index contributed by atoms with van der Waals surface area (Å²) in [4.78, 5) is 2.43. The second kappa shape index (κ2) is 10.7. The minimum absolute atomic E-state index is 0.0818. The van der Waals surface area contributed by atoms with Gasteiger partial charge in [0.05, 0.1) is 5.69 Å². The van der Waals surface area contributed by atoms with Crippen molar-refractivity contribution < 1.29 is 0 Å². The Balaban J connectivity index is 1.42. The first-order valence-electron chi connectivity index (χ1n) is 17.0. The van der Waals surface area contributed by atoms with Crippen molar-refractivity contribution in [3.63, 3.8) is 0 Å². The number of para-hydroxylation sites is 2. The maximum atomic E-state index is 2.43. The van der Waals surface area contributed by atoms with Crippen molar-refractivity contribution in [2.24, 2.45) is 0 Å². The molecule has 0 amide bonds. The Morgan fingerprint density at radius 1 is 0.438 bits per heavy atom. The molecular weight excluding hydrogens is 579 g/mol. The monoisotopic (exact) mass is 615 g/mol. The molecule has 0 atom stereocenters. The van der Waals surface area contributed by atoms with Crippen LogP contribution in [0, 0.1) is 6.92 Å². The summed E-state index contributed by atoms with van der Waals surface area (Å²) < 4.78 is 0. The molecule has 9 aromatic carbocycles. The lowest BCUT2D eigenvalue weighted by Gasteiger charge is -2.29. The number of hydrogen-bond acceptors (Lipinski definition) is 1. The molecule has 0 bridgehead atoms. The van der Waals surface area contributed by atoms with E-state index in [-0.39, 0.29) is 5.41 Å². The lowest BCUT2D eigenvalue weighted by molar-refractivity contribution is 0.591. The van der Waals surface area contributed by atoms with Gasteiger partial charge in [-0.15, -0.1) is 0 Å². The van der Waals surface area contributed by atoms with E-state index in [4.69, 9.17) is 0 Å². The number of hydrogen-bond donors (Lipinski definition) is 0. The zero-order valence-electron chi connectivity index (χ0n) is 27.9. The first kappa shape index (κ1) is 28.6. The molecule has 1 nitrogen and oxygen atoms in total. The van der Waals surface area contributed by atoms with E-state index in [2.05, 4.69) is 184 Å². The summed E-state index contributed by atoms with van der Waals surface area (Å²) >= 11 is 0. The van der Waals surface area contributed by atoms with Crippen LogP contribution in [-0.4, -0.2) is 0 Å². The second-order valence-corrected chi connectivity index (χ2v) is 14.2. The van der Waals surface area contributed by atoms with Crippen LogP contribution < -0.4 is 4.90 Å². The molecule has 9 rings (SSSR count). The molecule has 48 heavy (non-hydrogen) atoms. The average Bonchev–Trinajstić information content (AvgIpc) is 3.11. The molecule has 230 valence electrons. The highest BCUT2D eigenvalue weighted by Crippen LogP contribution is 2.50. The van der Waals surface area contributed by atoms with Crippen LogP contribution in [0.5, 0.6) is 0 Å². The van der Waals surface area contributed by atoms with Gasteiger partial charge in [0, 0.05) is 22.1 Å². The van der Waals surface area contributed by atoms with Crippen LogP contribution in [0.4, 0.5) is 17.1 Å². The van der Waals surface area contributed by atoms with E-state index < -0.39 is 0 Å². The van der Waals surface area contributed by atoms with Crippen LogP contribution in [0.3, 0.4) is 0 Å². The van der Waals surface area contributed by atoms with Gasteiger partial charge in [0.25, 0.3) is 0 Å². The average molecular weight is 616 g/mol. The van der Waals surface area contributed by atoms with E-state index >= 15 is 0 Å². The van der Waals surface area contributed by atoms with Gasteiger partial charge in [-0.05, 0) is 102 Å². The highest BCUT2D eigenvalue weighted by molar-refractivity contribution is 6.30. The maximum Gasteiger partial charge on any atom is 0.0618 e. The Hall–Kier alpha value is -5.66. The zero-order chi connectivity index (χ0) is 32.6. The third-order valence-corrected chi connectivity index (χ3v) is 10.2. The van der Waals surface area contributed by atoms with Gasteiger partial charge in [0.15, 0.2) is 0 Å². The molecule has 9 aromatic rings. The highest BCUT2D eigenvalue weighted by Gasteiger charge is 2.24. The molecular formula is C47H37N. The number of benzene rings is 9. The molecule has 0 aliphatic heterocycles. The Morgan fingerprint density at radius 3 is 1.44 bits per heavy atom. The van der Waals surface area contributed by atoms with Crippen molar-refractivity contribution in [2.75, 3.05) is 4.90 Å². The van der Waals surface area contributed by atoms with Gasteiger partial charge >= 0.3 is 0 Å². The number of fused-ring (bicyclic) bond motifs is 2. The van der Waals surface area contributed by atoms with Gasteiger partial charge in [0.2, 0.25) is 0 Å². The van der Waals surface area contributed by atoms with E-state index in [0.717, 1.165) is 11.4 Å². The lowest BCUT2D eigenvalue weighted by Crippen LogP contribution is -2.11. The molecule has 0 radical (unpaired) electrons. The summed E-state index contributed by atoms with van der Waals surface area (Å²) in [6.45, 7) is 9.19. The van der Waals surface area contributed by atoms with Crippen molar-refractivity contribution in [3.05, 3.63) is 163 Å². The minimum atomic E-state index is 0.0818. The van der Waals surface area contributed by atoms with Crippen LogP contribution in [-0.2, 0) is 5.41 Å². The molecule has 0 unspecified atom stereocenters. The van der Waals surface area contributed by atoms with Gasteiger partial charge in [0.1, 0.15) is 0 Å². The van der Waals surface area contributed by atoms with Crippen LogP contribution in [0.1, 0.15) is 31.9 Å². The number of rotatable bonds is 4. The smallest absolute Gasteiger partial charge is 0.0618 e. The number of anilines is 3. The first-order chi connectivity index (χ1) is 23.4. The fourth-order valence-corrected chi connectivity index (χ4v) is 7.93. The van der Waals surface area contributed by atoms with Crippen LogP contribution in [0.15, 0.2) is 152 Å². The summed E-state index contributed by atoms with van der Waals surface area (Å²) in [6.07, 6.45) is 0. The maximum absolute atomic E-state index is 2.43. The standard InChI is InChI=1S/C47H37N/c1-30-27-42(39-26-24-32-29-33(47(2,3)4)28-31-23-25-36(30)45(39)43(31)32)44-37-19-11-13-21-40(37)46(41-22-14-12-20-38(41)44)48(34-15-7-5-8-16-34)35-17-9-6-10-18-35/h5-29H,1-4H3. The largest absolute Gasteiger partial charge is 0.309 e. The number of nitrogens with zero attached hydrogens (tertiary/aromatic N) is 1. The highest BCUT2D eigenvalue weighted by atomic mass is 15.1. The van der Waals surface area contributed by atoms with Crippen molar-refractivity contribution in [2.45, 2.75) is 33.1 Å². The Kier molecular flexibility index (Phi) is 6.36. The summed E-state index contributed by atoms with van der Waals surface area (Å²) in [5, 5.41) is 13.0. The summed E-state index contributed by atoms with van der Waals surface area (Å²) in [6, 6.07) is 56.1. The molecule has 0 N–H and O–H groups in total. The van der Waals surface area contributed by atoms with Gasteiger partial charge in [-0.1, -0.05) is 148 Å². The Morgan fingerprint density at radius 2 is 0.917 bits per heavy atom. The van der Waals surface area contributed by atoms with E-state index in [1.165, 1.54) is 81.8 Å². The normalized spacial score (nSPS) is 12.2. The van der Waals surface area contributed by atoms with E-state index in [0.29, 0.717) is 0 Å². The van der Waals surface area contributed by atoms with Crippen LogP contribution >= 0.6 is 0 Å². The lowest BCUT2D eigenvalue weighted by atomic mass is 9.81. The van der Waals surface area contributed by atoms with Crippen LogP contribution in [0.25, 0.3) is 65.0 Å². The molecule has 0 saturated heterocycles. The molecule has 0 saturated carbocycles. The Bertz CT molecular complexity index is 2530. The molecule has 1 heteroatoms.